The number of anilines is 1. The first-order chi connectivity index (χ1) is 10.3. The van der Waals surface area contributed by atoms with Crippen LogP contribution in [0.2, 0.25) is 0 Å². The van der Waals surface area contributed by atoms with Gasteiger partial charge in [-0.15, -0.1) is 11.3 Å². The summed E-state index contributed by atoms with van der Waals surface area (Å²) in [5.74, 6) is -0.0372. The fourth-order valence-corrected chi connectivity index (χ4v) is 3.81. The summed E-state index contributed by atoms with van der Waals surface area (Å²) in [7, 11) is 0. The second-order valence-electron chi connectivity index (χ2n) is 5.43. The molecule has 0 atom stereocenters. The predicted octanol–water partition coefficient (Wildman–Crippen LogP) is 3.76. The van der Waals surface area contributed by atoms with E-state index >= 15 is 0 Å². The Labute approximate surface area is 128 Å². The third-order valence-electron chi connectivity index (χ3n) is 3.86. The van der Waals surface area contributed by atoms with Crippen LogP contribution < -0.4 is 5.32 Å². The Morgan fingerprint density at radius 2 is 1.90 bits per heavy atom. The summed E-state index contributed by atoms with van der Waals surface area (Å²) in [5.41, 5.74) is 2.97. The van der Waals surface area contributed by atoms with E-state index in [1.54, 1.807) is 11.3 Å². The number of benzene rings is 1. The van der Waals surface area contributed by atoms with Crippen LogP contribution in [-0.2, 0) is 19.4 Å². The van der Waals surface area contributed by atoms with Gasteiger partial charge in [-0.05, 0) is 55.0 Å². The second kappa shape index (κ2) is 6.41. The summed E-state index contributed by atoms with van der Waals surface area (Å²) in [6.45, 7) is 0.0197. The Kier molecular flexibility index (Phi) is 4.36. The van der Waals surface area contributed by atoms with Gasteiger partial charge in [0, 0.05) is 10.6 Å². The number of fused-ring (bicyclic) bond motifs is 1. The normalized spacial score (nSPS) is 14.3. The highest BCUT2D eigenvalue weighted by molar-refractivity contribution is 7.14. The van der Waals surface area contributed by atoms with Crippen molar-refractivity contribution in [3.8, 4) is 0 Å². The van der Waals surface area contributed by atoms with E-state index in [1.807, 2.05) is 24.3 Å². The molecule has 4 heteroatoms. The molecule has 110 valence electrons. The zero-order valence-electron chi connectivity index (χ0n) is 11.9. The van der Waals surface area contributed by atoms with Gasteiger partial charge in [0.1, 0.15) is 0 Å². The van der Waals surface area contributed by atoms with E-state index in [4.69, 9.17) is 5.11 Å². The average Bonchev–Trinajstić information content (AvgIpc) is 2.79. The largest absolute Gasteiger partial charge is 0.392 e. The molecule has 0 bridgehead atoms. The molecule has 1 aliphatic carbocycles. The molecule has 2 N–H and O–H groups in total. The van der Waals surface area contributed by atoms with Crippen LogP contribution in [0.3, 0.4) is 0 Å². The van der Waals surface area contributed by atoms with Gasteiger partial charge in [0.2, 0.25) is 0 Å². The Balaban J connectivity index is 1.72. The lowest BCUT2D eigenvalue weighted by Crippen LogP contribution is -2.10. The molecule has 2 aromatic rings. The van der Waals surface area contributed by atoms with Gasteiger partial charge in [0.25, 0.3) is 5.91 Å². The van der Waals surface area contributed by atoms with Crippen molar-refractivity contribution in [3.63, 3.8) is 0 Å². The zero-order valence-corrected chi connectivity index (χ0v) is 12.7. The number of thiophene rings is 1. The smallest absolute Gasteiger partial charge is 0.265 e. The molecule has 0 saturated carbocycles. The summed E-state index contributed by atoms with van der Waals surface area (Å²) in [6.07, 6.45) is 5.97. The van der Waals surface area contributed by atoms with Crippen LogP contribution in [0.4, 0.5) is 5.69 Å². The van der Waals surface area contributed by atoms with Crippen molar-refractivity contribution in [2.75, 3.05) is 5.32 Å². The molecule has 1 amide bonds. The third-order valence-corrected chi connectivity index (χ3v) is 5.10. The molecule has 0 spiro atoms. The molecule has 0 saturated heterocycles. The minimum atomic E-state index is -0.0372. The molecule has 0 fully saturated rings. The van der Waals surface area contributed by atoms with E-state index < -0.39 is 0 Å². The predicted molar refractivity (Wildman–Crippen MR) is 85.9 cm³/mol. The van der Waals surface area contributed by atoms with Gasteiger partial charge in [-0.25, -0.2) is 0 Å². The molecule has 21 heavy (non-hydrogen) atoms. The Morgan fingerprint density at radius 3 is 2.67 bits per heavy atom. The van der Waals surface area contributed by atoms with E-state index in [2.05, 4.69) is 11.4 Å². The Hall–Kier alpha value is -1.65. The van der Waals surface area contributed by atoms with Crippen molar-refractivity contribution < 1.29 is 9.90 Å². The van der Waals surface area contributed by atoms with E-state index in [1.165, 1.54) is 29.7 Å². The summed E-state index contributed by atoms with van der Waals surface area (Å²) in [4.78, 5) is 14.5. The van der Waals surface area contributed by atoms with Crippen LogP contribution in [0.1, 0.15) is 44.9 Å². The second-order valence-corrected chi connectivity index (χ2v) is 6.57. The van der Waals surface area contributed by atoms with Gasteiger partial charge in [-0.3, -0.25) is 4.79 Å². The molecule has 0 unspecified atom stereocenters. The first-order valence-electron chi connectivity index (χ1n) is 7.39. The molecular weight excluding hydrogens is 282 g/mol. The molecule has 1 aromatic heterocycles. The molecule has 3 nitrogen and oxygen atoms in total. The number of carbonyl (C=O) groups is 1. The van der Waals surface area contributed by atoms with Crippen LogP contribution in [0.25, 0.3) is 0 Å². The number of aliphatic hydroxyl groups excluding tert-OH is 1. The van der Waals surface area contributed by atoms with Crippen molar-refractivity contribution in [1.29, 1.82) is 0 Å². The summed E-state index contributed by atoms with van der Waals surface area (Å²) in [5, 5.41) is 11.9. The van der Waals surface area contributed by atoms with Crippen molar-refractivity contribution in [1.82, 2.24) is 0 Å². The van der Waals surface area contributed by atoms with Gasteiger partial charge in [0.15, 0.2) is 0 Å². The van der Waals surface area contributed by atoms with E-state index in [-0.39, 0.29) is 12.5 Å². The van der Waals surface area contributed by atoms with Crippen molar-refractivity contribution in [3.05, 3.63) is 51.2 Å². The highest BCUT2D eigenvalue weighted by Crippen LogP contribution is 2.29. The molecule has 1 aromatic carbocycles. The van der Waals surface area contributed by atoms with Crippen LogP contribution in [0, 0.1) is 0 Å². The lowest BCUT2D eigenvalue weighted by Gasteiger charge is -2.04. The van der Waals surface area contributed by atoms with Gasteiger partial charge in [-0.1, -0.05) is 18.6 Å². The number of carbonyl (C=O) groups excluding carboxylic acids is 1. The maximum atomic E-state index is 12.3. The Morgan fingerprint density at radius 1 is 1.14 bits per heavy atom. The van der Waals surface area contributed by atoms with Crippen LogP contribution >= 0.6 is 11.3 Å². The van der Waals surface area contributed by atoms with Gasteiger partial charge in [-0.2, -0.15) is 0 Å². The van der Waals surface area contributed by atoms with Crippen molar-refractivity contribution in [2.45, 2.75) is 38.7 Å². The number of nitrogens with one attached hydrogen (secondary N) is 1. The lowest BCUT2D eigenvalue weighted by atomic mass is 10.1. The van der Waals surface area contributed by atoms with Gasteiger partial charge >= 0.3 is 0 Å². The van der Waals surface area contributed by atoms with Gasteiger partial charge < -0.3 is 10.4 Å². The highest BCUT2D eigenvalue weighted by atomic mass is 32.1. The minimum Gasteiger partial charge on any atom is -0.392 e. The standard InChI is InChI=1S/C17H19NO2S/c19-11-12-6-8-14(9-7-12)18-17(20)16-10-13-4-2-1-3-5-15(13)21-16/h6-10,19H,1-5,11H2,(H,18,20). The number of aryl methyl sites for hydroxylation is 2. The quantitative estimate of drug-likeness (QED) is 0.848. The third kappa shape index (κ3) is 3.34. The van der Waals surface area contributed by atoms with Gasteiger partial charge in [0.05, 0.1) is 11.5 Å². The fourth-order valence-electron chi connectivity index (χ4n) is 2.67. The molecular formula is C17H19NO2S. The van der Waals surface area contributed by atoms with E-state index in [9.17, 15) is 4.79 Å². The van der Waals surface area contributed by atoms with Crippen LogP contribution in [0.15, 0.2) is 30.3 Å². The molecule has 3 rings (SSSR count). The Bertz CT molecular complexity index is 607. The van der Waals surface area contributed by atoms with E-state index in [0.717, 1.165) is 29.0 Å². The maximum absolute atomic E-state index is 12.3. The number of hydrogen-bond acceptors (Lipinski definition) is 3. The summed E-state index contributed by atoms with van der Waals surface area (Å²) >= 11 is 1.63. The summed E-state index contributed by atoms with van der Waals surface area (Å²) < 4.78 is 0. The SMILES string of the molecule is O=C(Nc1ccc(CO)cc1)c1cc2c(s1)CCCCC2. The number of hydrogen-bond donors (Lipinski definition) is 2. The maximum Gasteiger partial charge on any atom is 0.265 e. The number of rotatable bonds is 3. The number of aliphatic hydroxyl groups is 1. The number of amides is 1. The zero-order chi connectivity index (χ0) is 14.7. The molecule has 1 aliphatic rings. The minimum absolute atomic E-state index is 0.0197. The van der Waals surface area contributed by atoms with Crippen LogP contribution in [-0.4, -0.2) is 11.0 Å². The lowest BCUT2D eigenvalue weighted by molar-refractivity contribution is 0.103. The van der Waals surface area contributed by atoms with Crippen molar-refractivity contribution in [2.24, 2.45) is 0 Å². The monoisotopic (exact) mass is 301 g/mol. The fraction of sp³-hybridized carbons (Fsp3) is 0.353. The van der Waals surface area contributed by atoms with Crippen molar-refractivity contribution >= 4 is 22.9 Å². The first kappa shape index (κ1) is 14.3. The summed E-state index contributed by atoms with van der Waals surface area (Å²) in [6, 6.07) is 9.34. The molecule has 0 radical (unpaired) electrons. The average molecular weight is 301 g/mol. The van der Waals surface area contributed by atoms with E-state index in [0.29, 0.717) is 0 Å². The highest BCUT2D eigenvalue weighted by Gasteiger charge is 2.16. The molecule has 0 aliphatic heterocycles. The first-order valence-corrected chi connectivity index (χ1v) is 8.20. The topological polar surface area (TPSA) is 49.3 Å². The van der Waals surface area contributed by atoms with Crippen LogP contribution in [0.5, 0.6) is 0 Å². The molecule has 1 heterocycles.